The van der Waals surface area contributed by atoms with Crippen LogP contribution in [0, 0.1) is 5.92 Å². The van der Waals surface area contributed by atoms with E-state index in [4.69, 9.17) is 4.74 Å². The highest BCUT2D eigenvalue weighted by atomic mass is 79.9. The van der Waals surface area contributed by atoms with E-state index in [2.05, 4.69) is 15.9 Å². The standard InChI is InChI=1S/C13H17BrO2/c1-13(2,15)10-5-11(14)7-12(6-10)16-8-9-3-4-9/h5-7,9,15H,3-4,8H2,1-2H3. The Kier molecular flexibility index (Phi) is 3.27. The zero-order chi connectivity index (χ0) is 11.8. The van der Waals surface area contributed by atoms with Gasteiger partial charge in [-0.15, -0.1) is 0 Å². The maximum Gasteiger partial charge on any atom is 0.120 e. The number of rotatable bonds is 4. The molecule has 0 aromatic heterocycles. The molecule has 1 aromatic carbocycles. The second kappa shape index (κ2) is 4.38. The van der Waals surface area contributed by atoms with E-state index in [1.807, 2.05) is 18.2 Å². The molecule has 0 radical (unpaired) electrons. The van der Waals surface area contributed by atoms with Crippen molar-refractivity contribution >= 4 is 15.9 Å². The minimum atomic E-state index is -0.832. The van der Waals surface area contributed by atoms with Crippen LogP contribution in [-0.4, -0.2) is 11.7 Å². The van der Waals surface area contributed by atoms with E-state index in [0.717, 1.165) is 28.3 Å². The number of halogens is 1. The van der Waals surface area contributed by atoms with Crippen LogP contribution in [0.5, 0.6) is 5.75 Å². The summed E-state index contributed by atoms with van der Waals surface area (Å²) in [5.41, 5.74) is 0.0363. The van der Waals surface area contributed by atoms with Gasteiger partial charge in [0.25, 0.3) is 0 Å². The lowest BCUT2D eigenvalue weighted by Crippen LogP contribution is -2.15. The fourth-order valence-electron chi connectivity index (χ4n) is 1.50. The van der Waals surface area contributed by atoms with E-state index < -0.39 is 5.60 Å². The molecule has 0 aliphatic heterocycles. The van der Waals surface area contributed by atoms with Gasteiger partial charge in [-0.25, -0.2) is 0 Å². The fraction of sp³-hybridized carbons (Fsp3) is 0.538. The van der Waals surface area contributed by atoms with Crippen LogP contribution in [0.3, 0.4) is 0 Å². The van der Waals surface area contributed by atoms with Crippen molar-refractivity contribution in [1.29, 1.82) is 0 Å². The van der Waals surface area contributed by atoms with Crippen LogP contribution in [0.1, 0.15) is 32.3 Å². The Bertz CT molecular complexity index is 378. The summed E-state index contributed by atoms with van der Waals surface area (Å²) in [4.78, 5) is 0. The number of aliphatic hydroxyl groups is 1. The molecule has 0 saturated heterocycles. The largest absolute Gasteiger partial charge is 0.493 e. The summed E-state index contributed by atoms with van der Waals surface area (Å²) < 4.78 is 6.65. The van der Waals surface area contributed by atoms with E-state index in [1.165, 1.54) is 12.8 Å². The molecule has 1 aromatic rings. The normalized spacial score (nSPS) is 16.2. The van der Waals surface area contributed by atoms with Crippen LogP contribution in [-0.2, 0) is 5.60 Å². The average molecular weight is 285 g/mol. The Morgan fingerprint density at radius 2 is 2.06 bits per heavy atom. The van der Waals surface area contributed by atoms with Crippen molar-refractivity contribution in [2.75, 3.05) is 6.61 Å². The monoisotopic (exact) mass is 284 g/mol. The maximum absolute atomic E-state index is 9.95. The highest BCUT2D eigenvalue weighted by molar-refractivity contribution is 9.10. The first-order chi connectivity index (χ1) is 7.45. The van der Waals surface area contributed by atoms with Crippen molar-refractivity contribution in [2.24, 2.45) is 5.92 Å². The molecule has 2 rings (SSSR count). The number of benzene rings is 1. The second-order valence-corrected chi connectivity index (χ2v) is 5.90. The van der Waals surface area contributed by atoms with Gasteiger partial charge in [0.1, 0.15) is 5.75 Å². The summed E-state index contributed by atoms with van der Waals surface area (Å²) in [5, 5.41) is 9.95. The lowest BCUT2D eigenvalue weighted by Gasteiger charge is -2.19. The van der Waals surface area contributed by atoms with Crippen molar-refractivity contribution in [3.05, 3.63) is 28.2 Å². The summed E-state index contributed by atoms with van der Waals surface area (Å²) >= 11 is 3.44. The van der Waals surface area contributed by atoms with Gasteiger partial charge in [0.15, 0.2) is 0 Å². The second-order valence-electron chi connectivity index (χ2n) is 4.99. The first kappa shape index (κ1) is 11.9. The molecule has 16 heavy (non-hydrogen) atoms. The van der Waals surface area contributed by atoms with Gasteiger partial charge in [-0.3, -0.25) is 0 Å². The number of ether oxygens (including phenoxy) is 1. The molecular formula is C13H17BrO2. The third-order valence-electron chi connectivity index (χ3n) is 2.76. The fourth-order valence-corrected chi connectivity index (χ4v) is 1.97. The minimum Gasteiger partial charge on any atom is -0.493 e. The number of hydrogen-bond acceptors (Lipinski definition) is 2. The van der Waals surface area contributed by atoms with Gasteiger partial charge in [0.05, 0.1) is 12.2 Å². The summed E-state index contributed by atoms with van der Waals surface area (Å²) in [5.74, 6) is 1.57. The van der Waals surface area contributed by atoms with Gasteiger partial charge in [-0.2, -0.15) is 0 Å². The van der Waals surface area contributed by atoms with E-state index >= 15 is 0 Å². The zero-order valence-electron chi connectivity index (χ0n) is 9.66. The van der Waals surface area contributed by atoms with Crippen LogP contribution in [0.15, 0.2) is 22.7 Å². The van der Waals surface area contributed by atoms with Crippen LogP contribution < -0.4 is 4.74 Å². The Morgan fingerprint density at radius 3 is 2.62 bits per heavy atom. The molecule has 2 nitrogen and oxygen atoms in total. The van der Waals surface area contributed by atoms with Crippen LogP contribution in [0.2, 0.25) is 0 Å². The summed E-state index contributed by atoms with van der Waals surface area (Å²) in [6.07, 6.45) is 2.57. The average Bonchev–Trinajstić information content (AvgIpc) is 2.96. The highest BCUT2D eigenvalue weighted by Crippen LogP contribution is 2.32. The lowest BCUT2D eigenvalue weighted by molar-refractivity contribution is 0.0781. The van der Waals surface area contributed by atoms with Gasteiger partial charge in [0.2, 0.25) is 0 Å². The van der Waals surface area contributed by atoms with Crippen molar-refractivity contribution in [3.8, 4) is 5.75 Å². The van der Waals surface area contributed by atoms with Crippen LogP contribution >= 0.6 is 15.9 Å². The highest BCUT2D eigenvalue weighted by Gasteiger charge is 2.22. The quantitative estimate of drug-likeness (QED) is 0.918. The molecule has 0 amide bonds. The molecular weight excluding hydrogens is 268 g/mol. The van der Waals surface area contributed by atoms with Gasteiger partial charge in [-0.05, 0) is 56.4 Å². The third-order valence-corrected chi connectivity index (χ3v) is 3.22. The summed E-state index contributed by atoms with van der Waals surface area (Å²) in [7, 11) is 0. The molecule has 0 bridgehead atoms. The zero-order valence-corrected chi connectivity index (χ0v) is 11.3. The predicted molar refractivity (Wildman–Crippen MR) is 67.6 cm³/mol. The topological polar surface area (TPSA) is 29.5 Å². The van der Waals surface area contributed by atoms with Crippen LogP contribution in [0.4, 0.5) is 0 Å². The van der Waals surface area contributed by atoms with Crippen LogP contribution in [0.25, 0.3) is 0 Å². The Balaban J connectivity index is 2.14. The Morgan fingerprint density at radius 1 is 1.38 bits per heavy atom. The third kappa shape index (κ3) is 3.22. The van der Waals surface area contributed by atoms with E-state index in [1.54, 1.807) is 13.8 Å². The minimum absolute atomic E-state index is 0.740. The SMILES string of the molecule is CC(C)(O)c1cc(Br)cc(OCC2CC2)c1. The smallest absolute Gasteiger partial charge is 0.120 e. The maximum atomic E-state index is 9.95. The molecule has 88 valence electrons. The molecule has 0 heterocycles. The molecule has 0 spiro atoms. The van der Waals surface area contributed by atoms with Crippen molar-refractivity contribution in [3.63, 3.8) is 0 Å². The molecule has 1 N–H and O–H groups in total. The van der Waals surface area contributed by atoms with E-state index in [0.29, 0.717) is 0 Å². The molecule has 0 unspecified atom stereocenters. The molecule has 3 heteroatoms. The molecule has 1 fully saturated rings. The van der Waals surface area contributed by atoms with Crippen molar-refractivity contribution < 1.29 is 9.84 Å². The lowest BCUT2D eigenvalue weighted by atomic mass is 9.98. The van der Waals surface area contributed by atoms with Crippen molar-refractivity contribution in [2.45, 2.75) is 32.3 Å². The number of hydrogen-bond donors (Lipinski definition) is 1. The van der Waals surface area contributed by atoms with E-state index in [-0.39, 0.29) is 0 Å². The molecule has 1 aliphatic carbocycles. The van der Waals surface area contributed by atoms with E-state index in [9.17, 15) is 5.11 Å². The van der Waals surface area contributed by atoms with Gasteiger partial charge in [0, 0.05) is 4.47 Å². The van der Waals surface area contributed by atoms with Gasteiger partial charge < -0.3 is 9.84 Å². The molecule has 0 atom stereocenters. The van der Waals surface area contributed by atoms with Gasteiger partial charge >= 0.3 is 0 Å². The summed E-state index contributed by atoms with van der Waals surface area (Å²) in [6, 6.07) is 5.77. The first-order valence-electron chi connectivity index (χ1n) is 5.61. The molecule has 1 aliphatic rings. The predicted octanol–water partition coefficient (Wildman–Crippen LogP) is 3.47. The Hall–Kier alpha value is -0.540. The Labute approximate surface area is 105 Å². The summed E-state index contributed by atoms with van der Waals surface area (Å²) in [6.45, 7) is 4.35. The first-order valence-corrected chi connectivity index (χ1v) is 6.41. The van der Waals surface area contributed by atoms with Gasteiger partial charge in [-0.1, -0.05) is 15.9 Å². The molecule has 1 saturated carbocycles. The van der Waals surface area contributed by atoms with Crippen molar-refractivity contribution in [1.82, 2.24) is 0 Å².